The van der Waals surface area contributed by atoms with Gasteiger partial charge in [-0.2, -0.15) is 0 Å². The first kappa shape index (κ1) is 24.9. The number of alkyl carbamates (subject to hydrolysis) is 1. The van der Waals surface area contributed by atoms with E-state index in [1.165, 1.54) is 6.08 Å². The van der Waals surface area contributed by atoms with Gasteiger partial charge in [-0.3, -0.25) is 4.79 Å². The summed E-state index contributed by atoms with van der Waals surface area (Å²) in [5, 5.41) is 11.5. The maximum absolute atomic E-state index is 12.9. The number of carboxylic acids is 1. The molecule has 0 aromatic carbocycles. The van der Waals surface area contributed by atoms with Crippen LogP contribution in [0.15, 0.2) is 12.7 Å². The lowest BCUT2D eigenvalue weighted by atomic mass is 9.84. The molecule has 9 heteroatoms. The highest BCUT2D eigenvalue weighted by Gasteiger charge is 2.49. The summed E-state index contributed by atoms with van der Waals surface area (Å²) >= 11 is 0. The molecule has 0 unspecified atom stereocenters. The number of aliphatic carboxylic acids is 1. The molecule has 0 spiro atoms. The molecule has 0 saturated carbocycles. The normalized spacial score (nSPS) is 16.0. The van der Waals surface area contributed by atoms with E-state index in [2.05, 4.69) is 11.9 Å². The number of hydrogen-bond acceptors (Lipinski definition) is 6. The molecule has 0 atom stereocenters. The van der Waals surface area contributed by atoms with Crippen molar-refractivity contribution in [2.24, 2.45) is 5.41 Å². The summed E-state index contributed by atoms with van der Waals surface area (Å²) in [5.41, 5.74) is -1.87. The van der Waals surface area contributed by atoms with Gasteiger partial charge in [0.1, 0.15) is 18.8 Å². The van der Waals surface area contributed by atoms with Gasteiger partial charge >= 0.3 is 12.1 Å². The summed E-state index contributed by atoms with van der Waals surface area (Å²) in [6.45, 7) is 13.4. The summed E-state index contributed by atoms with van der Waals surface area (Å²) in [6, 6.07) is 0. The van der Waals surface area contributed by atoms with Crippen molar-refractivity contribution in [1.82, 2.24) is 10.2 Å². The van der Waals surface area contributed by atoms with Gasteiger partial charge in [0.25, 0.3) is 0 Å². The predicted octanol–water partition coefficient (Wildman–Crippen LogP) is 1.81. The van der Waals surface area contributed by atoms with E-state index in [0.717, 1.165) is 0 Å². The van der Waals surface area contributed by atoms with Gasteiger partial charge in [-0.05, 0) is 27.2 Å². The Morgan fingerprint density at radius 1 is 1.21 bits per heavy atom. The van der Waals surface area contributed by atoms with E-state index >= 15 is 0 Å². The standard InChI is InChI=1S/C20H34N2O7/c1-7-9-27-17(26)21-12-20(29-11-15(23)24)13-22(14-20)16(25)19(5,6)8-10-28-18(2,3)4/h7H,1,8-14H2,2-6H3,(H,21,26)(H,23,24). The minimum atomic E-state index is -1.12. The average Bonchev–Trinajstić information content (AvgIpc) is 2.56. The van der Waals surface area contributed by atoms with Gasteiger partial charge in [-0.25, -0.2) is 9.59 Å². The van der Waals surface area contributed by atoms with Crippen molar-refractivity contribution < 1.29 is 33.7 Å². The van der Waals surface area contributed by atoms with Crippen LogP contribution in [0.4, 0.5) is 4.79 Å². The quantitative estimate of drug-likeness (QED) is 0.496. The van der Waals surface area contributed by atoms with Crippen LogP contribution in [0.25, 0.3) is 0 Å². The summed E-state index contributed by atoms with van der Waals surface area (Å²) in [7, 11) is 0. The van der Waals surface area contributed by atoms with Crippen molar-refractivity contribution in [3.8, 4) is 0 Å². The molecule has 1 heterocycles. The van der Waals surface area contributed by atoms with Gasteiger partial charge in [0.15, 0.2) is 0 Å². The Morgan fingerprint density at radius 2 is 1.83 bits per heavy atom. The molecule has 1 aliphatic heterocycles. The van der Waals surface area contributed by atoms with Crippen molar-refractivity contribution in [1.29, 1.82) is 0 Å². The van der Waals surface area contributed by atoms with Crippen LogP contribution in [-0.2, 0) is 23.8 Å². The lowest BCUT2D eigenvalue weighted by Gasteiger charge is -2.51. The molecule has 29 heavy (non-hydrogen) atoms. The largest absolute Gasteiger partial charge is 0.480 e. The second kappa shape index (κ2) is 10.1. The average molecular weight is 414 g/mol. The monoisotopic (exact) mass is 414 g/mol. The Balaban J connectivity index is 2.64. The van der Waals surface area contributed by atoms with Crippen LogP contribution in [-0.4, -0.2) is 78.6 Å². The number of carbonyl (C=O) groups excluding carboxylic acids is 2. The Labute approximate surface area is 172 Å². The lowest BCUT2D eigenvalue weighted by Crippen LogP contribution is -2.70. The van der Waals surface area contributed by atoms with E-state index in [1.807, 2.05) is 34.6 Å². The number of hydrogen-bond donors (Lipinski definition) is 2. The highest BCUT2D eigenvalue weighted by atomic mass is 16.6. The number of carboxylic acid groups (broad SMARTS) is 1. The van der Waals surface area contributed by atoms with E-state index in [4.69, 9.17) is 19.3 Å². The molecule has 166 valence electrons. The fourth-order valence-electron chi connectivity index (χ4n) is 2.83. The summed E-state index contributed by atoms with van der Waals surface area (Å²) < 4.78 is 16.1. The Kier molecular flexibility index (Phi) is 8.65. The fourth-order valence-corrected chi connectivity index (χ4v) is 2.83. The van der Waals surface area contributed by atoms with Gasteiger partial charge in [-0.1, -0.05) is 26.5 Å². The van der Waals surface area contributed by atoms with Gasteiger partial charge in [-0.15, -0.1) is 0 Å². The Hall–Kier alpha value is -2.13. The van der Waals surface area contributed by atoms with Gasteiger partial charge in [0.05, 0.1) is 25.2 Å². The van der Waals surface area contributed by atoms with Crippen LogP contribution >= 0.6 is 0 Å². The predicted molar refractivity (Wildman–Crippen MR) is 107 cm³/mol. The smallest absolute Gasteiger partial charge is 0.407 e. The number of ether oxygens (including phenoxy) is 3. The van der Waals surface area contributed by atoms with Gasteiger partial charge in [0.2, 0.25) is 5.91 Å². The van der Waals surface area contributed by atoms with Gasteiger partial charge in [0, 0.05) is 12.0 Å². The van der Waals surface area contributed by atoms with Crippen molar-refractivity contribution in [3.63, 3.8) is 0 Å². The summed E-state index contributed by atoms with van der Waals surface area (Å²) in [5.74, 6) is -1.19. The first-order valence-corrected chi connectivity index (χ1v) is 9.61. The first-order chi connectivity index (χ1) is 13.3. The van der Waals surface area contributed by atoms with Crippen LogP contribution in [0, 0.1) is 5.41 Å². The molecule has 1 saturated heterocycles. The number of rotatable bonds is 11. The zero-order valence-corrected chi connectivity index (χ0v) is 18.1. The third-order valence-corrected chi connectivity index (χ3v) is 4.48. The molecule has 1 rings (SSSR count). The van der Waals surface area contributed by atoms with Crippen LogP contribution in [0.2, 0.25) is 0 Å². The maximum atomic E-state index is 12.9. The van der Waals surface area contributed by atoms with Crippen molar-refractivity contribution >= 4 is 18.0 Å². The number of nitrogens with one attached hydrogen (secondary N) is 1. The minimum Gasteiger partial charge on any atom is -0.480 e. The van der Waals surface area contributed by atoms with Crippen molar-refractivity contribution in [2.75, 3.05) is 39.5 Å². The number of nitrogens with zero attached hydrogens (tertiary/aromatic N) is 1. The maximum Gasteiger partial charge on any atom is 0.407 e. The van der Waals surface area contributed by atoms with Gasteiger partial charge < -0.3 is 29.5 Å². The van der Waals surface area contributed by atoms with Crippen LogP contribution in [0.3, 0.4) is 0 Å². The molecule has 9 nitrogen and oxygen atoms in total. The molecule has 0 aliphatic carbocycles. The highest BCUT2D eigenvalue weighted by molar-refractivity contribution is 5.83. The van der Waals surface area contributed by atoms with E-state index in [1.54, 1.807) is 4.90 Å². The molecular weight excluding hydrogens is 380 g/mol. The molecular formula is C20H34N2O7. The second-order valence-electron chi connectivity index (χ2n) is 8.86. The zero-order valence-electron chi connectivity index (χ0n) is 18.1. The lowest BCUT2D eigenvalue weighted by molar-refractivity contribution is -0.182. The molecule has 1 fully saturated rings. The van der Waals surface area contributed by atoms with Crippen molar-refractivity contribution in [2.45, 2.75) is 52.2 Å². The second-order valence-corrected chi connectivity index (χ2v) is 8.86. The number of likely N-dealkylation sites (tertiary alicyclic amines) is 1. The summed E-state index contributed by atoms with van der Waals surface area (Å²) in [6.07, 6.45) is 1.33. The zero-order chi connectivity index (χ0) is 22.3. The SMILES string of the molecule is C=CCOC(=O)NCC1(OCC(=O)O)CN(C(=O)C(C)(C)CCOC(C)(C)C)C1. The van der Waals surface area contributed by atoms with Crippen LogP contribution in [0.5, 0.6) is 0 Å². The van der Waals surface area contributed by atoms with E-state index in [-0.39, 0.29) is 37.7 Å². The molecule has 0 bridgehead atoms. The third kappa shape index (κ3) is 8.41. The molecule has 1 aliphatic rings. The van der Waals surface area contributed by atoms with Crippen molar-refractivity contribution in [3.05, 3.63) is 12.7 Å². The molecule has 2 N–H and O–H groups in total. The molecule has 2 amide bonds. The minimum absolute atomic E-state index is 0.0353. The van der Waals surface area contributed by atoms with E-state index in [0.29, 0.717) is 13.0 Å². The highest BCUT2D eigenvalue weighted by Crippen LogP contribution is 2.32. The van der Waals surface area contributed by atoms with Crippen LogP contribution < -0.4 is 5.32 Å². The Bertz CT molecular complexity index is 604. The van der Waals surface area contributed by atoms with Crippen LogP contribution in [0.1, 0.15) is 41.0 Å². The topological polar surface area (TPSA) is 114 Å². The third-order valence-electron chi connectivity index (χ3n) is 4.48. The molecule has 0 aromatic rings. The number of carbonyl (C=O) groups is 3. The summed E-state index contributed by atoms with van der Waals surface area (Å²) in [4.78, 5) is 37.0. The molecule has 0 aromatic heterocycles. The molecule has 0 radical (unpaired) electrons. The van der Waals surface area contributed by atoms with E-state index in [9.17, 15) is 14.4 Å². The van der Waals surface area contributed by atoms with E-state index < -0.39 is 29.7 Å². The first-order valence-electron chi connectivity index (χ1n) is 9.61. The fraction of sp³-hybridized carbons (Fsp3) is 0.750. The number of amides is 2. The Morgan fingerprint density at radius 3 is 2.34 bits per heavy atom.